The predicted molar refractivity (Wildman–Crippen MR) is 46.9 cm³/mol. The summed E-state index contributed by atoms with van der Waals surface area (Å²) < 4.78 is 31.7. The molecule has 0 N–H and O–H groups in total. The molecule has 0 aliphatic heterocycles. The van der Waals surface area contributed by atoms with Crippen molar-refractivity contribution < 1.29 is 13.0 Å². The highest BCUT2D eigenvalue weighted by Crippen LogP contribution is 2.30. The fourth-order valence-corrected chi connectivity index (χ4v) is 1.33. The van der Waals surface area contributed by atoms with E-state index in [2.05, 4.69) is 9.69 Å². The molecule has 0 amide bonds. The molecule has 1 aromatic carbocycles. The molecule has 6 heteroatoms. The topological polar surface area (TPSA) is 65.9 Å². The van der Waals surface area contributed by atoms with Crippen molar-refractivity contribution in [2.24, 2.45) is 0 Å². The molecule has 0 aliphatic carbocycles. The highest BCUT2D eigenvalue weighted by atomic mass is 32.2. The minimum Gasteiger partial charge on any atom is -0.744 e. The van der Waals surface area contributed by atoms with Gasteiger partial charge < -0.3 is 4.55 Å². The van der Waals surface area contributed by atoms with E-state index in [0.29, 0.717) is 0 Å². The van der Waals surface area contributed by atoms with Crippen LogP contribution in [0.2, 0.25) is 0 Å². The lowest BCUT2D eigenvalue weighted by Crippen LogP contribution is -1.97. The molecule has 70 valence electrons. The van der Waals surface area contributed by atoms with Crippen LogP contribution in [0, 0.1) is 13.1 Å². The van der Waals surface area contributed by atoms with E-state index in [1.807, 2.05) is 0 Å². The second-order valence-corrected chi connectivity index (χ2v) is 3.71. The van der Waals surface area contributed by atoms with Gasteiger partial charge in [-0.25, -0.2) is 8.42 Å². The molecule has 1 rings (SSSR count). The van der Waals surface area contributed by atoms with Crippen molar-refractivity contribution >= 4 is 21.5 Å². The Balaban J connectivity index is 3.47. The Bertz CT molecular complexity index is 549. The van der Waals surface area contributed by atoms with Crippen molar-refractivity contribution in [3.05, 3.63) is 41.0 Å². The fraction of sp³-hybridized carbons (Fsp3) is 0. The molecule has 0 aromatic heterocycles. The predicted octanol–water partition coefficient (Wildman–Crippen LogP) is 1.69. The minimum atomic E-state index is -4.56. The Hall–Kier alpha value is -1.89. The standard InChI is InChI=1S/C8H4N2O3S/c1-9-7-4-3-6(14(11,12)13)5-8(7)10-2/h3-5H,(H,11,12,13)/p-1. The maximum absolute atomic E-state index is 10.6. The molecular formula is C8H3N2O3S-. The van der Waals surface area contributed by atoms with Crippen LogP contribution in [-0.4, -0.2) is 13.0 Å². The Morgan fingerprint density at radius 3 is 2.14 bits per heavy atom. The quantitative estimate of drug-likeness (QED) is 0.520. The van der Waals surface area contributed by atoms with Crippen molar-refractivity contribution in [1.29, 1.82) is 0 Å². The van der Waals surface area contributed by atoms with Crippen LogP contribution in [0.1, 0.15) is 0 Å². The Kier molecular flexibility index (Phi) is 2.52. The normalized spacial score (nSPS) is 10.2. The van der Waals surface area contributed by atoms with Crippen molar-refractivity contribution in [3.63, 3.8) is 0 Å². The Morgan fingerprint density at radius 1 is 1.14 bits per heavy atom. The van der Waals surface area contributed by atoms with Gasteiger partial charge >= 0.3 is 0 Å². The summed E-state index contributed by atoms with van der Waals surface area (Å²) >= 11 is 0. The van der Waals surface area contributed by atoms with Gasteiger partial charge in [-0.1, -0.05) is 18.2 Å². The van der Waals surface area contributed by atoms with Gasteiger partial charge in [0.05, 0.1) is 13.1 Å². The van der Waals surface area contributed by atoms with Gasteiger partial charge in [-0.2, -0.15) is 0 Å². The zero-order valence-corrected chi connectivity index (χ0v) is 7.58. The van der Waals surface area contributed by atoms with Gasteiger partial charge in [0.2, 0.25) is 0 Å². The van der Waals surface area contributed by atoms with E-state index in [0.717, 1.165) is 18.2 Å². The zero-order chi connectivity index (χ0) is 10.8. The van der Waals surface area contributed by atoms with Crippen LogP contribution in [-0.2, 0) is 10.1 Å². The van der Waals surface area contributed by atoms with Crippen LogP contribution < -0.4 is 0 Å². The van der Waals surface area contributed by atoms with E-state index in [9.17, 15) is 13.0 Å². The van der Waals surface area contributed by atoms with Crippen LogP contribution in [0.25, 0.3) is 9.69 Å². The fourth-order valence-electron chi connectivity index (χ4n) is 0.843. The largest absolute Gasteiger partial charge is 0.744 e. The number of benzene rings is 1. The molecule has 1 aromatic rings. The molecular weight excluding hydrogens is 204 g/mol. The monoisotopic (exact) mass is 207 g/mol. The van der Waals surface area contributed by atoms with Gasteiger partial charge in [0.25, 0.3) is 0 Å². The first-order valence-corrected chi connectivity index (χ1v) is 4.74. The molecule has 0 saturated carbocycles. The van der Waals surface area contributed by atoms with Crippen LogP contribution in [0.15, 0.2) is 23.1 Å². The maximum atomic E-state index is 10.6. The molecule has 0 heterocycles. The van der Waals surface area contributed by atoms with Crippen LogP contribution in [0.4, 0.5) is 11.4 Å². The molecule has 5 nitrogen and oxygen atoms in total. The molecule has 0 unspecified atom stereocenters. The first-order chi connectivity index (χ1) is 6.49. The first-order valence-electron chi connectivity index (χ1n) is 3.34. The van der Waals surface area contributed by atoms with Crippen molar-refractivity contribution in [3.8, 4) is 0 Å². The number of nitrogens with zero attached hydrogens (tertiary/aromatic N) is 2. The van der Waals surface area contributed by atoms with E-state index in [4.69, 9.17) is 13.1 Å². The van der Waals surface area contributed by atoms with E-state index >= 15 is 0 Å². The highest BCUT2D eigenvalue weighted by Gasteiger charge is 2.06. The van der Waals surface area contributed by atoms with Gasteiger partial charge in [0.15, 0.2) is 11.4 Å². The molecule has 14 heavy (non-hydrogen) atoms. The van der Waals surface area contributed by atoms with Gasteiger partial charge in [0, 0.05) is 4.90 Å². The van der Waals surface area contributed by atoms with Crippen LogP contribution >= 0.6 is 0 Å². The van der Waals surface area contributed by atoms with Gasteiger partial charge in [0.1, 0.15) is 10.1 Å². The smallest absolute Gasteiger partial charge is 0.195 e. The van der Waals surface area contributed by atoms with Gasteiger partial charge in [-0.3, -0.25) is 9.69 Å². The van der Waals surface area contributed by atoms with E-state index in [1.54, 1.807) is 0 Å². The average Bonchev–Trinajstić information content (AvgIpc) is 2.15. The molecule has 0 spiro atoms. The minimum absolute atomic E-state index is 0.0346. The van der Waals surface area contributed by atoms with Gasteiger partial charge in [-0.05, 0) is 0 Å². The second kappa shape index (κ2) is 3.46. The Morgan fingerprint density at radius 2 is 1.71 bits per heavy atom. The number of rotatable bonds is 1. The molecule has 0 fully saturated rings. The summed E-state index contributed by atoms with van der Waals surface area (Å²) in [6.45, 7) is 13.3. The second-order valence-electron chi connectivity index (χ2n) is 2.33. The third-order valence-electron chi connectivity index (χ3n) is 1.48. The molecule has 0 aliphatic rings. The lowest BCUT2D eigenvalue weighted by molar-refractivity contribution is 0.463. The number of hydrogen-bond acceptors (Lipinski definition) is 3. The van der Waals surface area contributed by atoms with Crippen molar-refractivity contribution in [2.75, 3.05) is 0 Å². The lowest BCUT2D eigenvalue weighted by atomic mass is 10.3. The van der Waals surface area contributed by atoms with Crippen LogP contribution in [0.3, 0.4) is 0 Å². The summed E-state index contributed by atoms with van der Waals surface area (Å²) in [5.41, 5.74) is -0.0932. The van der Waals surface area contributed by atoms with Crippen LogP contribution in [0.5, 0.6) is 0 Å². The summed E-state index contributed by atoms with van der Waals surface area (Å²) in [6.07, 6.45) is 0. The van der Waals surface area contributed by atoms with Crippen molar-refractivity contribution in [1.82, 2.24) is 0 Å². The van der Waals surface area contributed by atoms with Crippen molar-refractivity contribution in [2.45, 2.75) is 4.90 Å². The summed E-state index contributed by atoms with van der Waals surface area (Å²) in [5.74, 6) is 0. The summed E-state index contributed by atoms with van der Waals surface area (Å²) in [6, 6.07) is 3.07. The third-order valence-corrected chi connectivity index (χ3v) is 2.31. The first kappa shape index (κ1) is 10.2. The highest BCUT2D eigenvalue weighted by molar-refractivity contribution is 7.85. The summed E-state index contributed by atoms with van der Waals surface area (Å²) in [4.78, 5) is 5.46. The molecule has 0 atom stereocenters. The lowest BCUT2D eigenvalue weighted by Gasteiger charge is -2.07. The van der Waals surface area contributed by atoms with E-state index < -0.39 is 15.0 Å². The van der Waals surface area contributed by atoms with E-state index in [-0.39, 0.29) is 11.4 Å². The summed E-state index contributed by atoms with van der Waals surface area (Å²) in [5, 5.41) is 0. The number of hydrogen-bond donors (Lipinski definition) is 0. The molecule has 0 saturated heterocycles. The summed E-state index contributed by atoms with van der Waals surface area (Å²) in [7, 11) is -4.56. The molecule has 0 bridgehead atoms. The van der Waals surface area contributed by atoms with Gasteiger partial charge in [-0.15, -0.1) is 0 Å². The third kappa shape index (κ3) is 1.88. The average molecular weight is 207 g/mol. The molecule has 0 radical (unpaired) electrons. The maximum Gasteiger partial charge on any atom is 0.195 e. The zero-order valence-electron chi connectivity index (χ0n) is 6.76. The Labute approximate surface area is 81.0 Å². The SMILES string of the molecule is [C-]#[N+]c1ccc(S(=O)(=O)[O-])cc1[N+]#[C-]. The van der Waals surface area contributed by atoms with E-state index in [1.165, 1.54) is 0 Å².